The summed E-state index contributed by atoms with van der Waals surface area (Å²) in [6.45, 7) is 2.53. The zero-order chi connectivity index (χ0) is 16.8. The molecule has 0 aliphatic rings. The minimum atomic E-state index is -0.119. The lowest BCUT2D eigenvalue weighted by Gasteiger charge is -2.06. The lowest BCUT2D eigenvalue weighted by molar-refractivity contribution is -0.115. The summed E-state index contributed by atoms with van der Waals surface area (Å²) in [5.41, 5.74) is 2.10. The van der Waals surface area contributed by atoms with Crippen LogP contribution in [-0.2, 0) is 17.8 Å². The van der Waals surface area contributed by atoms with Crippen LogP contribution < -0.4 is 10.6 Å². The Hall–Kier alpha value is -3.15. The molecule has 0 spiro atoms. The maximum absolute atomic E-state index is 12.1. The first kappa shape index (κ1) is 15.7. The highest BCUT2D eigenvalue weighted by Crippen LogP contribution is 2.10. The molecule has 0 saturated carbocycles. The van der Waals surface area contributed by atoms with Gasteiger partial charge in [0.05, 0.1) is 19.2 Å². The molecule has 0 aliphatic heterocycles. The Bertz CT molecular complexity index is 798. The minimum absolute atomic E-state index is 0.119. The van der Waals surface area contributed by atoms with Crippen LogP contribution in [0.3, 0.4) is 0 Å². The van der Waals surface area contributed by atoms with Crippen LogP contribution >= 0.6 is 0 Å². The average molecular weight is 322 g/mol. The topological polar surface area (TPSA) is 80.0 Å². The monoisotopic (exact) mass is 322 g/mol. The molecule has 0 fully saturated rings. The Morgan fingerprint density at radius 3 is 2.62 bits per heavy atom. The molecular weight excluding hydrogens is 304 g/mol. The van der Waals surface area contributed by atoms with Crippen molar-refractivity contribution < 1.29 is 9.21 Å². The number of anilines is 2. The summed E-state index contributed by atoms with van der Waals surface area (Å²) in [6.07, 6.45) is 1.93. The highest BCUT2D eigenvalue weighted by atomic mass is 16.3. The number of carbonyl (C=O) groups excluding carboxylic acids is 1. The van der Waals surface area contributed by atoms with Gasteiger partial charge >= 0.3 is 0 Å². The summed E-state index contributed by atoms with van der Waals surface area (Å²) in [7, 11) is 0. The van der Waals surface area contributed by atoms with E-state index in [4.69, 9.17) is 4.42 Å². The number of hydrogen-bond acceptors (Lipinski definition) is 5. The molecule has 24 heavy (non-hydrogen) atoms. The minimum Gasteiger partial charge on any atom is -0.467 e. The Morgan fingerprint density at radius 2 is 1.92 bits per heavy atom. The van der Waals surface area contributed by atoms with Crippen LogP contribution in [0.15, 0.2) is 59.2 Å². The van der Waals surface area contributed by atoms with Crippen molar-refractivity contribution in [2.45, 2.75) is 19.9 Å². The number of nitrogens with one attached hydrogen (secondary N) is 2. The standard InChI is InChI=1S/C18H18N4O2/c1-13-4-2-5-14(10-13)11-18(23)20-17-8-7-16(21-22-17)19-12-15-6-3-9-24-15/h2-10H,11-12H2,1H3,(H,19,21)(H,20,22,23). The average Bonchev–Trinajstić information content (AvgIpc) is 3.07. The van der Waals surface area contributed by atoms with E-state index < -0.39 is 0 Å². The summed E-state index contributed by atoms with van der Waals surface area (Å²) < 4.78 is 5.23. The van der Waals surface area contributed by atoms with Gasteiger partial charge in [0.2, 0.25) is 5.91 Å². The van der Waals surface area contributed by atoms with Gasteiger partial charge in [-0.1, -0.05) is 29.8 Å². The van der Waals surface area contributed by atoms with Crippen LogP contribution in [0.1, 0.15) is 16.9 Å². The smallest absolute Gasteiger partial charge is 0.229 e. The molecule has 0 aliphatic carbocycles. The van der Waals surface area contributed by atoms with Gasteiger partial charge in [-0.2, -0.15) is 0 Å². The molecule has 3 aromatic rings. The molecule has 122 valence electrons. The number of nitrogens with zero attached hydrogens (tertiary/aromatic N) is 2. The van der Waals surface area contributed by atoms with E-state index in [1.54, 1.807) is 18.4 Å². The summed E-state index contributed by atoms with van der Waals surface area (Å²) in [6, 6.07) is 15.0. The molecule has 6 nitrogen and oxygen atoms in total. The zero-order valence-corrected chi connectivity index (χ0v) is 13.3. The van der Waals surface area contributed by atoms with Gasteiger partial charge in [-0.15, -0.1) is 10.2 Å². The molecule has 2 heterocycles. The van der Waals surface area contributed by atoms with E-state index in [0.29, 0.717) is 24.6 Å². The number of carbonyl (C=O) groups is 1. The first-order valence-electron chi connectivity index (χ1n) is 7.64. The molecule has 0 atom stereocenters. The van der Waals surface area contributed by atoms with Gasteiger partial charge in [0.15, 0.2) is 5.82 Å². The Labute approximate surface area is 139 Å². The van der Waals surface area contributed by atoms with Gasteiger partial charge in [0, 0.05) is 0 Å². The lowest BCUT2D eigenvalue weighted by atomic mass is 10.1. The van der Waals surface area contributed by atoms with Gasteiger partial charge in [-0.25, -0.2) is 0 Å². The number of furan rings is 1. The molecule has 0 radical (unpaired) electrons. The van der Waals surface area contributed by atoms with E-state index in [0.717, 1.165) is 16.9 Å². The first-order valence-corrected chi connectivity index (χ1v) is 7.64. The largest absolute Gasteiger partial charge is 0.467 e. The van der Waals surface area contributed by atoms with Gasteiger partial charge in [-0.05, 0) is 36.8 Å². The van der Waals surface area contributed by atoms with Gasteiger partial charge in [0.25, 0.3) is 0 Å². The quantitative estimate of drug-likeness (QED) is 0.728. The van der Waals surface area contributed by atoms with Crippen molar-refractivity contribution in [1.29, 1.82) is 0 Å². The van der Waals surface area contributed by atoms with Gasteiger partial charge < -0.3 is 15.1 Å². The maximum atomic E-state index is 12.1. The third-order valence-corrected chi connectivity index (χ3v) is 3.40. The van der Waals surface area contributed by atoms with Crippen LogP contribution in [0, 0.1) is 6.92 Å². The molecule has 6 heteroatoms. The Kier molecular flexibility index (Phi) is 4.86. The third kappa shape index (κ3) is 4.42. The molecule has 0 saturated heterocycles. The summed E-state index contributed by atoms with van der Waals surface area (Å²) in [5.74, 6) is 1.73. The van der Waals surface area contributed by atoms with Crippen molar-refractivity contribution in [2.75, 3.05) is 10.6 Å². The predicted molar refractivity (Wildman–Crippen MR) is 91.6 cm³/mol. The third-order valence-electron chi connectivity index (χ3n) is 3.40. The van der Waals surface area contributed by atoms with Crippen molar-refractivity contribution in [1.82, 2.24) is 10.2 Å². The molecule has 2 N–H and O–H groups in total. The SMILES string of the molecule is Cc1cccc(CC(=O)Nc2ccc(NCc3ccco3)nn2)c1. The van der Waals surface area contributed by atoms with E-state index in [2.05, 4.69) is 20.8 Å². The molecule has 1 aromatic carbocycles. The fourth-order valence-electron chi connectivity index (χ4n) is 2.28. The molecule has 0 bridgehead atoms. The van der Waals surface area contributed by atoms with Crippen LogP contribution in [0.2, 0.25) is 0 Å². The number of hydrogen-bond donors (Lipinski definition) is 2. The number of rotatable bonds is 6. The normalized spacial score (nSPS) is 10.4. The second-order valence-corrected chi connectivity index (χ2v) is 5.45. The Morgan fingerprint density at radius 1 is 1.08 bits per heavy atom. The van der Waals surface area contributed by atoms with Crippen molar-refractivity contribution in [3.63, 3.8) is 0 Å². The van der Waals surface area contributed by atoms with Crippen LogP contribution in [0.5, 0.6) is 0 Å². The first-order chi connectivity index (χ1) is 11.7. The maximum Gasteiger partial charge on any atom is 0.229 e. The number of amides is 1. The zero-order valence-electron chi connectivity index (χ0n) is 13.3. The molecular formula is C18H18N4O2. The predicted octanol–water partition coefficient (Wildman–Crippen LogP) is 3.17. The van der Waals surface area contributed by atoms with Crippen molar-refractivity contribution in [2.24, 2.45) is 0 Å². The van der Waals surface area contributed by atoms with E-state index in [-0.39, 0.29) is 5.91 Å². The fraction of sp³-hybridized carbons (Fsp3) is 0.167. The second-order valence-electron chi connectivity index (χ2n) is 5.45. The van der Waals surface area contributed by atoms with Crippen molar-refractivity contribution in [3.05, 3.63) is 71.7 Å². The lowest BCUT2D eigenvalue weighted by Crippen LogP contribution is -2.16. The van der Waals surface area contributed by atoms with Crippen LogP contribution in [0.4, 0.5) is 11.6 Å². The van der Waals surface area contributed by atoms with Crippen molar-refractivity contribution in [3.8, 4) is 0 Å². The molecule has 3 rings (SSSR count). The molecule has 0 unspecified atom stereocenters. The summed E-state index contributed by atoms with van der Waals surface area (Å²) in [5, 5.41) is 13.9. The van der Waals surface area contributed by atoms with E-state index >= 15 is 0 Å². The van der Waals surface area contributed by atoms with Crippen molar-refractivity contribution >= 4 is 17.5 Å². The number of aromatic nitrogens is 2. The summed E-state index contributed by atoms with van der Waals surface area (Å²) >= 11 is 0. The highest BCUT2D eigenvalue weighted by molar-refractivity contribution is 5.91. The number of aryl methyl sites for hydroxylation is 1. The molecule has 2 aromatic heterocycles. The Balaban J connectivity index is 1.52. The van der Waals surface area contributed by atoms with E-state index in [9.17, 15) is 4.79 Å². The van der Waals surface area contributed by atoms with Gasteiger partial charge in [0.1, 0.15) is 11.6 Å². The van der Waals surface area contributed by atoms with E-state index in [1.165, 1.54) is 0 Å². The van der Waals surface area contributed by atoms with Crippen LogP contribution in [0.25, 0.3) is 0 Å². The second kappa shape index (κ2) is 7.41. The van der Waals surface area contributed by atoms with Gasteiger partial charge in [-0.3, -0.25) is 4.79 Å². The molecule has 1 amide bonds. The fourth-order valence-corrected chi connectivity index (χ4v) is 2.28. The summed E-state index contributed by atoms with van der Waals surface area (Å²) in [4.78, 5) is 12.1. The van der Waals surface area contributed by atoms with Crippen LogP contribution in [-0.4, -0.2) is 16.1 Å². The number of benzene rings is 1. The van der Waals surface area contributed by atoms with E-state index in [1.807, 2.05) is 43.3 Å². The highest BCUT2D eigenvalue weighted by Gasteiger charge is 2.06.